The number of rotatable bonds is 1. The number of benzene rings is 1. The molecule has 0 saturated carbocycles. The molecule has 0 unspecified atom stereocenters. The van der Waals surface area contributed by atoms with Crippen LogP contribution in [0.1, 0.15) is 0 Å². The van der Waals surface area contributed by atoms with Crippen LogP contribution >= 0.6 is 23.2 Å². The van der Waals surface area contributed by atoms with Gasteiger partial charge in [-0.3, -0.25) is 0 Å². The predicted octanol–water partition coefficient (Wildman–Crippen LogP) is 3.55. The Morgan fingerprint density at radius 1 is 1.21 bits per heavy atom. The summed E-state index contributed by atoms with van der Waals surface area (Å²) in [6.07, 6.45) is 0. The standard InChI is InChI=1S/C10H7Cl2NO/c1-14-9-8(11)6-4-2-3-5-7(6)13-10(9)12/h2-5H,1H3. The lowest BCUT2D eigenvalue weighted by Gasteiger charge is -2.07. The number of hydrogen-bond acceptors (Lipinski definition) is 2. The predicted molar refractivity (Wildman–Crippen MR) is 58.3 cm³/mol. The van der Waals surface area contributed by atoms with Gasteiger partial charge in [0.1, 0.15) is 0 Å². The maximum atomic E-state index is 6.10. The van der Waals surface area contributed by atoms with Gasteiger partial charge in [0.2, 0.25) is 0 Å². The molecular formula is C10H7Cl2NO. The number of halogens is 2. The summed E-state index contributed by atoms with van der Waals surface area (Å²) >= 11 is 12.0. The smallest absolute Gasteiger partial charge is 0.175 e. The molecule has 0 bridgehead atoms. The topological polar surface area (TPSA) is 22.1 Å². The van der Waals surface area contributed by atoms with Crippen LogP contribution in [0.25, 0.3) is 10.9 Å². The molecule has 2 rings (SSSR count). The van der Waals surface area contributed by atoms with Crippen LogP contribution in [0.4, 0.5) is 0 Å². The zero-order valence-electron chi connectivity index (χ0n) is 7.42. The van der Waals surface area contributed by atoms with Crippen LogP contribution in [0.15, 0.2) is 24.3 Å². The minimum absolute atomic E-state index is 0.288. The van der Waals surface area contributed by atoms with Crippen molar-refractivity contribution in [3.63, 3.8) is 0 Å². The number of fused-ring (bicyclic) bond motifs is 1. The van der Waals surface area contributed by atoms with Crippen molar-refractivity contribution in [3.05, 3.63) is 34.4 Å². The Morgan fingerprint density at radius 2 is 1.93 bits per heavy atom. The lowest BCUT2D eigenvalue weighted by molar-refractivity contribution is 0.414. The highest BCUT2D eigenvalue weighted by molar-refractivity contribution is 6.40. The van der Waals surface area contributed by atoms with Crippen molar-refractivity contribution in [1.29, 1.82) is 0 Å². The van der Waals surface area contributed by atoms with E-state index in [2.05, 4.69) is 4.98 Å². The van der Waals surface area contributed by atoms with Crippen molar-refractivity contribution >= 4 is 34.1 Å². The highest BCUT2D eigenvalue weighted by Crippen LogP contribution is 2.36. The van der Waals surface area contributed by atoms with Gasteiger partial charge in [0.05, 0.1) is 17.6 Å². The molecule has 4 heteroatoms. The van der Waals surface area contributed by atoms with Crippen LogP contribution in [0, 0.1) is 0 Å². The van der Waals surface area contributed by atoms with E-state index in [1.165, 1.54) is 7.11 Å². The van der Waals surface area contributed by atoms with E-state index in [1.54, 1.807) is 0 Å². The number of aromatic nitrogens is 1. The monoisotopic (exact) mass is 227 g/mol. The first-order valence-corrected chi connectivity index (χ1v) is 4.77. The molecular weight excluding hydrogens is 221 g/mol. The SMILES string of the molecule is COc1c(Cl)nc2ccccc2c1Cl. The Morgan fingerprint density at radius 3 is 2.64 bits per heavy atom. The van der Waals surface area contributed by atoms with E-state index in [4.69, 9.17) is 27.9 Å². The third kappa shape index (κ3) is 1.41. The molecule has 0 saturated heterocycles. The van der Waals surface area contributed by atoms with Crippen LogP contribution < -0.4 is 4.74 Å². The molecule has 0 atom stereocenters. The molecule has 0 amide bonds. The minimum Gasteiger partial charge on any atom is -0.492 e. The normalized spacial score (nSPS) is 10.5. The van der Waals surface area contributed by atoms with Crippen LogP contribution in [0.3, 0.4) is 0 Å². The molecule has 14 heavy (non-hydrogen) atoms. The van der Waals surface area contributed by atoms with E-state index in [1.807, 2.05) is 24.3 Å². The molecule has 2 nitrogen and oxygen atoms in total. The van der Waals surface area contributed by atoms with Gasteiger partial charge in [0.15, 0.2) is 10.9 Å². The maximum absolute atomic E-state index is 6.10. The number of ether oxygens (including phenoxy) is 1. The number of para-hydroxylation sites is 1. The zero-order valence-corrected chi connectivity index (χ0v) is 8.93. The Kier molecular flexibility index (Phi) is 2.48. The van der Waals surface area contributed by atoms with E-state index in [-0.39, 0.29) is 5.15 Å². The number of hydrogen-bond donors (Lipinski definition) is 0. The molecule has 0 aliphatic rings. The fraction of sp³-hybridized carbons (Fsp3) is 0.100. The van der Waals surface area contributed by atoms with E-state index >= 15 is 0 Å². The number of nitrogens with zero attached hydrogens (tertiary/aromatic N) is 1. The molecule has 2 aromatic rings. The first-order chi connectivity index (χ1) is 6.74. The van der Waals surface area contributed by atoms with Gasteiger partial charge in [-0.15, -0.1) is 0 Å². The van der Waals surface area contributed by atoms with Crippen molar-refractivity contribution < 1.29 is 4.74 Å². The highest BCUT2D eigenvalue weighted by Gasteiger charge is 2.11. The van der Waals surface area contributed by atoms with Gasteiger partial charge < -0.3 is 4.74 Å². The van der Waals surface area contributed by atoms with Gasteiger partial charge >= 0.3 is 0 Å². The molecule has 1 heterocycles. The molecule has 0 aliphatic heterocycles. The number of methoxy groups -OCH3 is 1. The third-order valence-electron chi connectivity index (χ3n) is 1.95. The molecule has 0 fully saturated rings. The Hall–Kier alpha value is -0.990. The van der Waals surface area contributed by atoms with E-state index in [9.17, 15) is 0 Å². The van der Waals surface area contributed by atoms with Gasteiger partial charge in [-0.1, -0.05) is 41.4 Å². The molecule has 1 aromatic heterocycles. The lowest BCUT2D eigenvalue weighted by atomic mass is 10.2. The second-order valence-corrected chi connectivity index (χ2v) is 3.50. The Bertz CT molecular complexity index is 485. The van der Waals surface area contributed by atoms with Crippen LogP contribution in [0.5, 0.6) is 5.75 Å². The van der Waals surface area contributed by atoms with Crippen molar-refractivity contribution in [2.75, 3.05) is 7.11 Å². The van der Waals surface area contributed by atoms with Crippen LogP contribution in [-0.4, -0.2) is 12.1 Å². The van der Waals surface area contributed by atoms with Gasteiger partial charge in [-0.2, -0.15) is 0 Å². The summed E-state index contributed by atoms with van der Waals surface area (Å²) in [6.45, 7) is 0. The molecule has 1 aromatic carbocycles. The summed E-state index contributed by atoms with van der Waals surface area (Å²) in [5.74, 6) is 0.423. The second-order valence-electron chi connectivity index (χ2n) is 2.77. The first-order valence-electron chi connectivity index (χ1n) is 4.01. The zero-order chi connectivity index (χ0) is 10.1. The highest BCUT2D eigenvalue weighted by atomic mass is 35.5. The van der Waals surface area contributed by atoms with E-state index in [0.29, 0.717) is 10.8 Å². The van der Waals surface area contributed by atoms with Gasteiger partial charge in [-0.25, -0.2) is 4.98 Å². The summed E-state index contributed by atoms with van der Waals surface area (Å²) in [4.78, 5) is 4.16. The van der Waals surface area contributed by atoms with Crippen molar-refractivity contribution in [1.82, 2.24) is 4.98 Å². The van der Waals surface area contributed by atoms with Crippen LogP contribution in [0.2, 0.25) is 10.2 Å². The van der Waals surface area contributed by atoms with Crippen LogP contribution in [-0.2, 0) is 0 Å². The second kappa shape index (κ2) is 3.64. The Labute approximate surface area is 91.4 Å². The summed E-state index contributed by atoms with van der Waals surface area (Å²) in [5.41, 5.74) is 0.767. The molecule has 0 N–H and O–H groups in total. The third-order valence-corrected chi connectivity index (χ3v) is 2.58. The quantitative estimate of drug-likeness (QED) is 0.696. The lowest BCUT2D eigenvalue weighted by Crippen LogP contribution is -1.90. The van der Waals surface area contributed by atoms with Gasteiger partial charge in [0, 0.05) is 5.39 Å². The van der Waals surface area contributed by atoms with Crippen molar-refractivity contribution in [3.8, 4) is 5.75 Å². The Balaban J connectivity index is 2.86. The molecule has 0 aliphatic carbocycles. The van der Waals surface area contributed by atoms with E-state index < -0.39 is 0 Å². The van der Waals surface area contributed by atoms with Crippen molar-refractivity contribution in [2.45, 2.75) is 0 Å². The molecule has 0 spiro atoms. The number of pyridine rings is 1. The summed E-state index contributed by atoms with van der Waals surface area (Å²) in [7, 11) is 1.52. The first kappa shape index (κ1) is 9.56. The van der Waals surface area contributed by atoms with E-state index in [0.717, 1.165) is 10.9 Å². The van der Waals surface area contributed by atoms with Gasteiger partial charge in [0.25, 0.3) is 0 Å². The fourth-order valence-electron chi connectivity index (χ4n) is 1.30. The summed E-state index contributed by atoms with van der Waals surface area (Å²) in [6, 6.07) is 7.51. The van der Waals surface area contributed by atoms with Gasteiger partial charge in [-0.05, 0) is 6.07 Å². The largest absolute Gasteiger partial charge is 0.492 e. The average Bonchev–Trinajstić information content (AvgIpc) is 2.18. The average molecular weight is 228 g/mol. The summed E-state index contributed by atoms with van der Waals surface area (Å²) < 4.78 is 5.06. The fourth-order valence-corrected chi connectivity index (χ4v) is 1.94. The molecule has 72 valence electrons. The minimum atomic E-state index is 0.288. The maximum Gasteiger partial charge on any atom is 0.175 e. The molecule has 0 radical (unpaired) electrons. The summed E-state index contributed by atoms with van der Waals surface area (Å²) in [5, 5.41) is 1.63. The van der Waals surface area contributed by atoms with Crippen molar-refractivity contribution in [2.24, 2.45) is 0 Å².